The van der Waals surface area contributed by atoms with Crippen LogP contribution in [0.15, 0.2) is 12.2 Å². The van der Waals surface area contributed by atoms with Crippen molar-refractivity contribution in [1.29, 1.82) is 0 Å². The summed E-state index contributed by atoms with van der Waals surface area (Å²) in [7, 11) is 2.24. The fourth-order valence-electron chi connectivity index (χ4n) is 2.37. The van der Waals surface area contributed by atoms with Crippen LogP contribution in [0.2, 0.25) is 0 Å². The second kappa shape index (κ2) is 3.81. The zero-order valence-electron chi connectivity index (χ0n) is 8.45. The van der Waals surface area contributed by atoms with Crippen molar-refractivity contribution >= 4 is 0 Å². The molecule has 0 aromatic carbocycles. The fourth-order valence-corrected chi connectivity index (χ4v) is 2.37. The maximum Gasteiger partial charge on any atom is 0.0122 e. The van der Waals surface area contributed by atoms with Gasteiger partial charge in [-0.1, -0.05) is 12.2 Å². The Hall–Kier alpha value is -0.340. The van der Waals surface area contributed by atoms with Crippen LogP contribution in [0.25, 0.3) is 0 Å². The van der Waals surface area contributed by atoms with Crippen LogP contribution < -0.4 is 5.73 Å². The Kier molecular flexibility index (Phi) is 2.70. The maximum atomic E-state index is 5.78. The number of nitrogens with two attached hydrogens (primary N) is 1. The lowest BCUT2D eigenvalue weighted by Crippen LogP contribution is -2.50. The van der Waals surface area contributed by atoms with Gasteiger partial charge in [0.2, 0.25) is 0 Å². The molecule has 0 radical (unpaired) electrons. The average molecular weight is 180 g/mol. The molecule has 0 aromatic rings. The van der Waals surface area contributed by atoms with Crippen molar-refractivity contribution < 1.29 is 0 Å². The van der Waals surface area contributed by atoms with Gasteiger partial charge in [-0.25, -0.2) is 0 Å². The largest absolute Gasteiger partial charge is 0.328 e. The van der Waals surface area contributed by atoms with Crippen molar-refractivity contribution in [3.8, 4) is 0 Å². The lowest BCUT2D eigenvalue weighted by molar-refractivity contribution is 0.122. The molecule has 0 amide bonds. The van der Waals surface area contributed by atoms with Gasteiger partial charge in [0, 0.05) is 18.6 Å². The topological polar surface area (TPSA) is 29.3 Å². The smallest absolute Gasteiger partial charge is 0.0122 e. The molecule has 2 aliphatic carbocycles. The van der Waals surface area contributed by atoms with Gasteiger partial charge in [0.25, 0.3) is 0 Å². The monoisotopic (exact) mass is 180 g/mol. The summed E-state index contributed by atoms with van der Waals surface area (Å²) in [5.41, 5.74) is 5.78. The van der Waals surface area contributed by atoms with Gasteiger partial charge in [-0.05, 0) is 38.6 Å². The standard InChI is InChI=1S/C11H20N2/c1-13(11-6-10(12)7-11)8-9-4-2-3-5-9/h2-3,9-11H,4-8,12H2,1H3. The van der Waals surface area contributed by atoms with E-state index in [4.69, 9.17) is 5.73 Å². The van der Waals surface area contributed by atoms with Crippen LogP contribution >= 0.6 is 0 Å². The van der Waals surface area contributed by atoms with E-state index >= 15 is 0 Å². The molecule has 1 saturated carbocycles. The minimum absolute atomic E-state index is 0.481. The van der Waals surface area contributed by atoms with Crippen LogP contribution in [0.3, 0.4) is 0 Å². The highest BCUT2D eigenvalue weighted by atomic mass is 15.1. The van der Waals surface area contributed by atoms with Crippen molar-refractivity contribution in [3.63, 3.8) is 0 Å². The molecule has 2 aliphatic rings. The van der Waals surface area contributed by atoms with Gasteiger partial charge in [0.15, 0.2) is 0 Å². The Morgan fingerprint density at radius 3 is 2.46 bits per heavy atom. The van der Waals surface area contributed by atoms with Crippen LogP contribution in [-0.4, -0.2) is 30.6 Å². The molecular formula is C11H20N2. The van der Waals surface area contributed by atoms with E-state index in [1.165, 1.54) is 32.2 Å². The minimum Gasteiger partial charge on any atom is -0.328 e. The third-order valence-electron chi connectivity index (χ3n) is 3.42. The average Bonchev–Trinajstić information content (AvgIpc) is 2.51. The van der Waals surface area contributed by atoms with Gasteiger partial charge in [0.1, 0.15) is 0 Å². The molecule has 2 nitrogen and oxygen atoms in total. The summed E-state index contributed by atoms with van der Waals surface area (Å²) in [5, 5.41) is 0. The van der Waals surface area contributed by atoms with E-state index in [2.05, 4.69) is 24.1 Å². The number of rotatable bonds is 3. The van der Waals surface area contributed by atoms with E-state index in [-0.39, 0.29) is 0 Å². The van der Waals surface area contributed by atoms with E-state index < -0.39 is 0 Å². The highest BCUT2D eigenvalue weighted by Gasteiger charge is 2.30. The van der Waals surface area contributed by atoms with Crippen molar-refractivity contribution in [2.75, 3.05) is 13.6 Å². The van der Waals surface area contributed by atoms with Gasteiger partial charge in [-0.3, -0.25) is 0 Å². The third kappa shape index (κ3) is 2.12. The molecule has 13 heavy (non-hydrogen) atoms. The summed E-state index contributed by atoms with van der Waals surface area (Å²) in [6, 6.07) is 1.25. The summed E-state index contributed by atoms with van der Waals surface area (Å²) in [6.07, 6.45) is 9.59. The molecule has 0 heterocycles. The summed E-state index contributed by atoms with van der Waals surface area (Å²) in [5.74, 6) is 0.877. The number of hydrogen-bond acceptors (Lipinski definition) is 2. The van der Waals surface area contributed by atoms with Crippen molar-refractivity contribution in [1.82, 2.24) is 4.90 Å². The van der Waals surface area contributed by atoms with E-state index in [9.17, 15) is 0 Å². The molecule has 0 aliphatic heterocycles. The van der Waals surface area contributed by atoms with Crippen molar-refractivity contribution in [2.24, 2.45) is 11.7 Å². The Labute approximate surface area is 80.8 Å². The lowest BCUT2D eigenvalue weighted by atomic mass is 9.86. The molecular weight excluding hydrogens is 160 g/mol. The predicted octanol–water partition coefficient (Wildman–Crippen LogP) is 1.37. The first-order valence-corrected chi connectivity index (χ1v) is 5.36. The van der Waals surface area contributed by atoms with Gasteiger partial charge in [-0.2, -0.15) is 0 Å². The Balaban J connectivity index is 1.69. The first-order chi connectivity index (χ1) is 6.25. The lowest BCUT2D eigenvalue weighted by Gasteiger charge is -2.40. The Morgan fingerprint density at radius 1 is 1.31 bits per heavy atom. The first kappa shape index (κ1) is 9.22. The quantitative estimate of drug-likeness (QED) is 0.665. The molecule has 2 heteroatoms. The van der Waals surface area contributed by atoms with Gasteiger partial charge < -0.3 is 10.6 Å². The predicted molar refractivity (Wildman–Crippen MR) is 55.5 cm³/mol. The second-order valence-corrected chi connectivity index (χ2v) is 4.63. The summed E-state index contributed by atoms with van der Waals surface area (Å²) in [4.78, 5) is 2.50. The number of hydrogen-bond donors (Lipinski definition) is 1. The third-order valence-corrected chi connectivity index (χ3v) is 3.42. The summed E-state index contributed by atoms with van der Waals surface area (Å²) < 4.78 is 0. The van der Waals surface area contributed by atoms with E-state index in [1.807, 2.05) is 0 Å². The summed E-state index contributed by atoms with van der Waals surface area (Å²) in [6.45, 7) is 1.25. The molecule has 2 rings (SSSR count). The first-order valence-electron chi connectivity index (χ1n) is 5.36. The van der Waals surface area contributed by atoms with E-state index in [1.54, 1.807) is 0 Å². The molecule has 0 atom stereocenters. The van der Waals surface area contributed by atoms with Gasteiger partial charge >= 0.3 is 0 Å². The normalized spacial score (nSPS) is 34.1. The Morgan fingerprint density at radius 2 is 1.92 bits per heavy atom. The molecule has 0 saturated heterocycles. The van der Waals surface area contributed by atoms with E-state index in [0.29, 0.717) is 6.04 Å². The minimum atomic E-state index is 0.481. The van der Waals surface area contributed by atoms with E-state index in [0.717, 1.165) is 12.0 Å². The van der Waals surface area contributed by atoms with Gasteiger partial charge in [-0.15, -0.1) is 0 Å². The molecule has 0 unspecified atom stereocenters. The van der Waals surface area contributed by atoms with Crippen LogP contribution in [-0.2, 0) is 0 Å². The van der Waals surface area contributed by atoms with Crippen LogP contribution in [0, 0.1) is 5.92 Å². The van der Waals surface area contributed by atoms with Crippen LogP contribution in [0.4, 0.5) is 0 Å². The maximum absolute atomic E-state index is 5.78. The molecule has 74 valence electrons. The zero-order valence-corrected chi connectivity index (χ0v) is 8.45. The highest BCUT2D eigenvalue weighted by Crippen LogP contribution is 2.26. The van der Waals surface area contributed by atoms with Gasteiger partial charge in [0.05, 0.1) is 0 Å². The molecule has 2 N–H and O–H groups in total. The Bertz CT molecular complexity index is 186. The molecule has 0 aromatic heterocycles. The molecule has 1 fully saturated rings. The zero-order chi connectivity index (χ0) is 9.26. The fraction of sp³-hybridized carbons (Fsp3) is 0.818. The summed E-state index contributed by atoms with van der Waals surface area (Å²) >= 11 is 0. The van der Waals surface area contributed by atoms with Crippen molar-refractivity contribution in [3.05, 3.63) is 12.2 Å². The second-order valence-electron chi connectivity index (χ2n) is 4.63. The molecule has 0 bridgehead atoms. The van der Waals surface area contributed by atoms with Crippen molar-refractivity contribution in [2.45, 2.75) is 37.8 Å². The number of allylic oxidation sites excluding steroid dienone is 2. The van der Waals surface area contributed by atoms with Crippen LogP contribution in [0.1, 0.15) is 25.7 Å². The van der Waals surface area contributed by atoms with Crippen LogP contribution in [0.5, 0.6) is 0 Å². The highest BCUT2D eigenvalue weighted by molar-refractivity contribution is 4.96. The number of nitrogens with zero attached hydrogens (tertiary/aromatic N) is 1. The SMILES string of the molecule is CN(CC1CC=CC1)C1CC(N)C1. The molecule has 0 spiro atoms.